The lowest BCUT2D eigenvalue weighted by molar-refractivity contribution is -0.130. The molecule has 2 N–H and O–H groups in total. The average molecular weight is 387 g/mol. The summed E-state index contributed by atoms with van der Waals surface area (Å²) in [4.78, 5) is 27.7. The van der Waals surface area contributed by atoms with E-state index in [-0.39, 0.29) is 23.3 Å². The van der Waals surface area contributed by atoms with Gasteiger partial charge in [-0.3, -0.25) is 4.79 Å². The summed E-state index contributed by atoms with van der Waals surface area (Å²) < 4.78 is 10.9. The zero-order chi connectivity index (χ0) is 19.7. The largest absolute Gasteiger partial charge is 0.495 e. The van der Waals surface area contributed by atoms with Crippen molar-refractivity contribution in [3.8, 4) is 5.75 Å². The maximum atomic E-state index is 13.0. The molecule has 7 nitrogen and oxygen atoms in total. The molecule has 1 saturated carbocycles. The summed E-state index contributed by atoms with van der Waals surface area (Å²) in [6, 6.07) is 5.83. The van der Waals surface area contributed by atoms with Crippen molar-refractivity contribution in [1.29, 1.82) is 0 Å². The lowest BCUT2D eigenvalue weighted by atomic mass is 9.71. The number of methoxy groups -OCH3 is 1. The molecule has 3 fully saturated rings. The first kappa shape index (κ1) is 19.1. The first-order valence-corrected chi connectivity index (χ1v) is 10.1. The third kappa shape index (κ3) is 3.81. The van der Waals surface area contributed by atoms with E-state index in [1.165, 1.54) is 0 Å². The highest BCUT2D eigenvalue weighted by molar-refractivity contribution is 5.92. The number of urea groups is 1. The van der Waals surface area contributed by atoms with Gasteiger partial charge in [-0.15, -0.1) is 0 Å². The van der Waals surface area contributed by atoms with Crippen molar-refractivity contribution < 1.29 is 19.1 Å². The molecule has 152 valence electrons. The molecule has 1 aromatic carbocycles. The van der Waals surface area contributed by atoms with Gasteiger partial charge in [-0.05, 0) is 50.3 Å². The monoisotopic (exact) mass is 387 g/mol. The van der Waals surface area contributed by atoms with Crippen molar-refractivity contribution in [2.24, 2.45) is 11.3 Å². The molecule has 0 unspecified atom stereocenters. The Labute approximate surface area is 165 Å². The van der Waals surface area contributed by atoms with E-state index in [1.54, 1.807) is 12.0 Å². The Balaban J connectivity index is 1.50. The minimum absolute atomic E-state index is 0.0906. The summed E-state index contributed by atoms with van der Waals surface area (Å²) in [5.41, 5.74) is 1.50. The SMILES string of the molecule is COc1ccc(C)cc1NC(=O)N1C[C@@H](C(=O)NC2CC2)C2(CCOCC2)C1. The third-order valence-electron chi connectivity index (χ3n) is 6.26. The number of aryl methyl sites for hydroxylation is 1. The van der Waals surface area contributed by atoms with Crippen LogP contribution < -0.4 is 15.4 Å². The maximum absolute atomic E-state index is 13.0. The summed E-state index contributed by atoms with van der Waals surface area (Å²) in [5, 5.41) is 6.12. The second kappa shape index (κ2) is 7.62. The van der Waals surface area contributed by atoms with Crippen LogP contribution >= 0.6 is 0 Å². The van der Waals surface area contributed by atoms with E-state index < -0.39 is 0 Å². The molecule has 2 saturated heterocycles. The van der Waals surface area contributed by atoms with Crippen LogP contribution in [0.5, 0.6) is 5.75 Å². The molecule has 2 aliphatic heterocycles. The van der Waals surface area contributed by atoms with Gasteiger partial charge in [0.1, 0.15) is 5.75 Å². The summed E-state index contributed by atoms with van der Waals surface area (Å²) >= 11 is 0. The van der Waals surface area contributed by atoms with Crippen LogP contribution in [0.1, 0.15) is 31.2 Å². The Morgan fingerprint density at radius 1 is 1.25 bits per heavy atom. The maximum Gasteiger partial charge on any atom is 0.321 e. The molecule has 0 aromatic heterocycles. The van der Waals surface area contributed by atoms with Crippen LogP contribution in [-0.2, 0) is 9.53 Å². The van der Waals surface area contributed by atoms with E-state index in [1.807, 2.05) is 25.1 Å². The molecule has 28 heavy (non-hydrogen) atoms. The lowest BCUT2D eigenvalue weighted by Crippen LogP contribution is -2.45. The quantitative estimate of drug-likeness (QED) is 0.832. The number of likely N-dealkylation sites (tertiary alicyclic amines) is 1. The number of amides is 3. The number of nitrogens with zero attached hydrogens (tertiary/aromatic N) is 1. The van der Waals surface area contributed by atoms with Gasteiger partial charge in [0.25, 0.3) is 0 Å². The number of hydrogen-bond acceptors (Lipinski definition) is 4. The summed E-state index contributed by atoms with van der Waals surface area (Å²) in [6.07, 6.45) is 3.75. The first-order chi connectivity index (χ1) is 13.5. The van der Waals surface area contributed by atoms with Gasteiger partial charge in [-0.2, -0.15) is 0 Å². The topological polar surface area (TPSA) is 79.9 Å². The molecule has 0 bridgehead atoms. The van der Waals surface area contributed by atoms with Gasteiger partial charge in [0.2, 0.25) is 5.91 Å². The van der Waals surface area contributed by atoms with Gasteiger partial charge in [0, 0.05) is 37.8 Å². The molecule has 7 heteroatoms. The average Bonchev–Trinajstić information content (AvgIpc) is 3.42. The molecule has 1 spiro atoms. The van der Waals surface area contributed by atoms with Gasteiger partial charge < -0.3 is 25.0 Å². The fraction of sp³-hybridized carbons (Fsp3) is 0.619. The third-order valence-corrected chi connectivity index (χ3v) is 6.26. The van der Waals surface area contributed by atoms with Gasteiger partial charge in [-0.25, -0.2) is 4.79 Å². The number of hydrogen-bond donors (Lipinski definition) is 2. The number of rotatable bonds is 4. The Morgan fingerprint density at radius 2 is 2.00 bits per heavy atom. The molecule has 3 aliphatic rings. The number of carbonyl (C=O) groups is 2. The number of ether oxygens (including phenoxy) is 2. The van der Waals surface area contributed by atoms with Gasteiger partial charge in [0.15, 0.2) is 0 Å². The van der Waals surface area contributed by atoms with Gasteiger partial charge in [-0.1, -0.05) is 6.07 Å². The van der Waals surface area contributed by atoms with Crippen LogP contribution in [0.3, 0.4) is 0 Å². The van der Waals surface area contributed by atoms with Gasteiger partial charge >= 0.3 is 6.03 Å². The molecule has 2 heterocycles. The minimum Gasteiger partial charge on any atom is -0.495 e. The molecular weight excluding hydrogens is 358 g/mol. The van der Waals surface area contributed by atoms with Gasteiger partial charge in [0.05, 0.1) is 18.7 Å². The number of carbonyl (C=O) groups excluding carboxylic acids is 2. The van der Waals surface area contributed by atoms with Crippen molar-refractivity contribution in [2.45, 2.75) is 38.6 Å². The van der Waals surface area contributed by atoms with E-state index in [9.17, 15) is 9.59 Å². The minimum atomic E-state index is -0.189. The van der Waals surface area contributed by atoms with E-state index in [0.717, 1.165) is 31.2 Å². The van der Waals surface area contributed by atoms with Crippen LogP contribution in [0.4, 0.5) is 10.5 Å². The molecular formula is C21H29N3O4. The van der Waals surface area contributed by atoms with Crippen LogP contribution in [0.15, 0.2) is 18.2 Å². The van der Waals surface area contributed by atoms with E-state index in [4.69, 9.17) is 9.47 Å². The van der Waals surface area contributed by atoms with Crippen molar-refractivity contribution in [1.82, 2.24) is 10.2 Å². The Hall–Kier alpha value is -2.28. The zero-order valence-corrected chi connectivity index (χ0v) is 16.6. The number of benzene rings is 1. The van der Waals surface area contributed by atoms with E-state index in [0.29, 0.717) is 43.8 Å². The van der Waals surface area contributed by atoms with E-state index in [2.05, 4.69) is 10.6 Å². The van der Waals surface area contributed by atoms with Crippen molar-refractivity contribution in [3.05, 3.63) is 23.8 Å². The summed E-state index contributed by atoms with van der Waals surface area (Å²) in [7, 11) is 1.59. The highest BCUT2D eigenvalue weighted by Crippen LogP contribution is 2.45. The van der Waals surface area contributed by atoms with Crippen LogP contribution in [-0.4, -0.2) is 56.3 Å². The molecule has 1 aromatic rings. The fourth-order valence-electron chi connectivity index (χ4n) is 4.41. The van der Waals surface area contributed by atoms with Crippen LogP contribution in [0, 0.1) is 18.3 Å². The summed E-state index contributed by atoms with van der Waals surface area (Å²) in [5.74, 6) is 0.539. The summed E-state index contributed by atoms with van der Waals surface area (Å²) in [6.45, 7) is 4.29. The highest BCUT2D eigenvalue weighted by atomic mass is 16.5. The van der Waals surface area contributed by atoms with Crippen LogP contribution in [0.25, 0.3) is 0 Å². The Kier molecular flexibility index (Phi) is 5.19. The normalized spacial score (nSPS) is 23.5. The first-order valence-electron chi connectivity index (χ1n) is 10.1. The van der Waals surface area contributed by atoms with Crippen LogP contribution in [0.2, 0.25) is 0 Å². The van der Waals surface area contributed by atoms with E-state index >= 15 is 0 Å². The molecule has 3 amide bonds. The molecule has 0 radical (unpaired) electrons. The van der Waals surface area contributed by atoms with Crippen molar-refractivity contribution in [2.75, 3.05) is 38.7 Å². The standard InChI is InChI=1S/C21H29N3O4/c1-14-3-6-18(27-2)17(11-14)23-20(26)24-12-16(19(25)22-15-4-5-15)21(13-24)7-9-28-10-8-21/h3,6,11,15-16H,4-5,7-10,12-13H2,1-2H3,(H,22,25)(H,23,26)/t16-/m0/s1. The molecule has 1 aliphatic carbocycles. The van der Waals surface area contributed by atoms with Crippen molar-refractivity contribution >= 4 is 17.6 Å². The number of nitrogens with one attached hydrogen (secondary N) is 2. The van der Waals surface area contributed by atoms with Crippen molar-refractivity contribution in [3.63, 3.8) is 0 Å². The Morgan fingerprint density at radius 3 is 2.68 bits per heavy atom. The Bertz CT molecular complexity index is 756. The lowest BCUT2D eigenvalue weighted by Gasteiger charge is -2.37. The highest BCUT2D eigenvalue weighted by Gasteiger charge is 2.52. The fourth-order valence-corrected chi connectivity index (χ4v) is 4.41. The second-order valence-corrected chi connectivity index (χ2v) is 8.32. The number of anilines is 1. The zero-order valence-electron chi connectivity index (χ0n) is 16.6. The predicted molar refractivity (Wildman–Crippen MR) is 105 cm³/mol. The predicted octanol–water partition coefficient (Wildman–Crippen LogP) is 2.54. The second-order valence-electron chi connectivity index (χ2n) is 8.32. The smallest absolute Gasteiger partial charge is 0.321 e. The molecule has 1 atom stereocenters. The molecule has 4 rings (SSSR count).